The molecule has 0 radical (unpaired) electrons. The maximum atomic E-state index is 12.1. The van der Waals surface area contributed by atoms with Crippen LogP contribution in [0, 0.1) is 0 Å². The first-order valence-electron chi connectivity index (χ1n) is 7.34. The molecule has 0 bridgehead atoms. The Balaban J connectivity index is 1.75. The van der Waals surface area contributed by atoms with Crippen LogP contribution in [0.2, 0.25) is 0 Å². The predicted octanol–water partition coefficient (Wildman–Crippen LogP) is 2.61. The van der Waals surface area contributed by atoms with Crippen LogP contribution in [-0.2, 0) is 22.6 Å². The van der Waals surface area contributed by atoms with Crippen molar-refractivity contribution < 1.29 is 14.3 Å². The van der Waals surface area contributed by atoms with E-state index >= 15 is 0 Å². The number of ether oxygens (including phenoxy) is 1. The molecule has 0 saturated carbocycles. The average Bonchev–Trinajstić information content (AvgIpc) is 2.85. The molecule has 1 aromatic rings. The lowest BCUT2D eigenvalue weighted by molar-refractivity contribution is -0.126. The van der Waals surface area contributed by atoms with E-state index < -0.39 is 11.7 Å². The molecule has 2 amide bonds. The minimum Gasteiger partial charge on any atom is -0.444 e. The first-order valence-corrected chi connectivity index (χ1v) is 7.34. The number of alkyl carbamates (subject to hydrolysis) is 1. The Kier molecular flexibility index (Phi) is 4.85. The topological polar surface area (TPSA) is 58.6 Å². The van der Waals surface area contributed by atoms with Crippen molar-refractivity contribution in [1.29, 1.82) is 0 Å². The number of nitrogens with zero attached hydrogens (tertiary/aromatic N) is 1. The molecule has 0 aliphatic carbocycles. The van der Waals surface area contributed by atoms with E-state index in [-0.39, 0.29) is 12.5 Å². The second-order valence-electron chi connectivity index (χ2n) is 6.25. The fourth-order valence-corrected chi connectivity index (χ4v) is 2.21. The van der Waals surface area contributed by atoms with Crippen LogP contribution in [-0.4, -0.2) is 29.0 Å². The molecule has 118 valence electrons. The molecule has 22 heavy (non-hydrogen) atoms. The smallest absolute Gasteiger partial charge is 0.407 e. The summed E-state index contributed by atoms with van der Waals surface area (Å²) in [4.78, 5) is 25.3. The Morgan fingerprint density at radius 3 is 2.36 bits per heavy atom. The van der Waals surface area contributed by atoms with E-state index in [4.69, 9.17) is 4.74 Å². The average molecular weight is 302 g/mol. The second-order valence-corrected chi connectivity index (χ2v) is 6.25. The predicted molar refractivity (Wildman–Crippen MR) is 84.1 cm³/mol. The Morgan fingerprint density at radius 1 is 1.23 bits per heavy atom. The van der Waals surface area contributed by atoms with Gasteiger partial charge in [-0.1, -0.05) is 30.3 Å². The molecule has 0 atom stereocenters. The van der Waals surface area contributed by atoms with Gasteiger partial charge in [0.15, 0.2) is 0 Å². The zero-order valence-corrected chi connectivity index (χ0v) is 13.3. The van der Waals surface area contributed by atoms with Gasteiger partial charge in [0.1, 0.15) is 5.60 Å². The monoisotopic (exact) mass is 302 g/mol. The van der Waals surface area contributed by atoms with Crippen LogP contribution >= 0.6 is 0 Å². The molecule has 0 aromatic heterocycles. The molecule has 0 unspecified atom stereocenters. The first-order chi connectivity index (χ1) is 10.3. The zero-order valence-electron chi connectivity index (χ0n) is 13.3. The van der Waals surface area contributed by atoms with E-state index in [1.807, 2.05) is 24.3 Å². The molecule has 1 N–H and O–H groups in total. The Morgan fingerprint density at radius 2 is 1.82 bits per heavy atom. The van der Waals surface area contributed by atoms with Crippen LogP contribution in [0.3, 0.4) is 0 Å². The van der Waals surface area contributed by atoms with Crippen LogP contribution in [0.15, 0.2) is 36.4 Å². The third-order valence-corrected chi connectivity index (χ3v) is 3.18. The van der Waals surface area contributed by atoms with Gasteiger partial charge < -0.3 is 15.0 Å². The molecule has 0 saturated heterocycles. The fraction of sp³-hybridized carbons (Fsp3) is 0.412. The summed E-state index contributed by atoms with van der Waals surface area (Å²) in [6.07, 6.45) is 2.64. The molecule has 0 fully saturated rings. The van der Waals surface area contributed by atoms with Crippen molar-refractivity contribution in [2.24, 2.45) is 0 Å². The Labute approximate surface area is 130 Å². The Hall–Kier alpha value is -2.30. The van der Waals surface area contributed by atoms with Gasteiger partial charge in [0.05, 0.1) is 0 Å². The number of rotatable bonds is 3. The van der Waals surface area contributed by atoms with Crippen LogP contribution in [0.25, 0.3) is 0 Å². The van der Waals surface area contributed by atoms with Crippen molar-refractivity contribution in [1.82, 2.24) is 10.2 Å². The molecular weight excluding hydrogens is 280 g/mol. The van der Waals surface area contributed by atoms with Crippen molar-refractivity contribution in [2.45, 2.75) is 39.5 Å². The molecule has 0 spiro atoms. The van der Waals surface area contributed by atoms with Crippen molar-refractivity contribution >= 4 is 12.0 Å². The van der Waals surface area contributed by atoms with Gasteiger partial charge in [0.2, 0.25) is 5.91 Å². The van der Waals surface area contributed by atoms with Gasteiger partial charge in [0, 0.05) is 25.7 Å². The molecule has 5 nitrogen and oxygen atoms in total. The summed E-state index contributed by atoms with van der Waals surface area (Å²) in [5.41, 5.74) is 1.86. The number of carbonyl (C=O) groups is 2. The third kappa shape index (κ3) is 4.62. The van der Waals surface area contributed by atoms with E-state index in [0.29, 0.717) is 13.1 Å². The van der Waals surface area contributed by atoms with Crippen LogP contribution in [0.4, 0.5) is 4.79 Å². The largest absolute Gasteiger partial charge is 0.444 e. The van der Waals surface area contributed by atoms with E-state index in [1.54, 1.807) is 31.7 Å². The SMILES string of the molecule is CC(C)(C)OC(=O)NC/C=C/C(=O)N1Cc2ccccc2C1. The summed E-state index contributed by atoms with van der Waals surface area (Å²) in [5.74, 6) is -0.0535. The third-order valence-electron chi connectivity index (χ3n) is 3.18. The summed E-state index contributed by atoms with van der Waals surface area (Å²) < 4.78 is 5.11. The highest BCUT2D eigenvalue weighted by Crippen LogP contribution is 2.22. The highest BCUT2D eigenvalue weighted by Gasteiger charge is 2.21. The molecule has 1 aliphatic rings. The molecule has 1 heterocycles. The first kappa shape index (κ1) is 16.1. The minimum atomic E-state index is -0.523. The number of amides is 2. The zero-order chi connectivity index (χ0) is 16.2. The molecule has 5 heteroatoms. The maximum absolute atomic E-state index is 12.1. The van der Waals surface area contributed by atoms with Crippen LogP contribution in [0.5, 0.6) is 0 Å². The normalized spacial score (nSPS) is 14.0. The summed E-state index contributed by atoms with van der Waals surface area (Å²) in [6.45, 7) is 6.95. The number of benzene rings is 1. The number of hydrogen-bond acceptors (Lipinski definition) is 3. The molecule has 2 rings (SSSR count). The van der Waals surface area contributed by atoms with Crippen molar-refractivity contribution in [2.75, 3.05) is 6.54 Å². The van der Waals surface area contributed by atoms with Gasteiger partial charge in [-0.05, 0) is 31.9 Å². The van der Waals surface area contributed by atoms with Gasteiger partial charge in [-0.2, -0.15) is 0 Å². The lowest BCUT2D eigenvalue weighted by Gasteiger charge is -2.19. The van der Waals surface area contributed by atoms with Crippen molar-refractivity contribution in [3.63, 3.8) is 0 Å². The molecular formula is C17H22N2O3. The second kappa shape index (κ2) is 6.64. The lowest BCUT2D eigenvalue weighted by atomic mass is 10.1. The quantitative estimate of drug-likeness (QED) is 0.873. The standard InChI is InChI=1S/C17H22N2O3/c1-17(2,3)22-16(21)18-10-6-9-15(20)19-11-13-7-4-5-8-14(13)12-19/h4-9H,10-12H2,1-3H3,(H,18,21)/b9-6+. The number of nitrogens with one attached hydrogen (secondary N) is 1. The number of carbonyl (C=O) groups excluding carboxylic acids is 2. The van der Waals surface area contributed by atoms with E-state index in [0.717, 1.165) is 0 Å². The van der Waals surface area contributed by atoms with E-state index in [9.17, 15) is 9.59 Å². The summed E-state index contributed by atoms with van der Waals surface area (Å²) in [6, 6.07) is 8.04. The number of fused-ring (bicyclic) bond motifs is 1. The number of hydrogen-bond donors (Lipinski definition) is 1. The van der Waals surface area contributed by atoms with Gasteiger partial charge in [-0.25, -0.2) is 4.79 Å². The maximum Gasteiger partial charge on any atom is 0.407 e. The van der Waals surface area contributed by atoms with Crippen LogP contribution in [0.1, 0.15) is 31.9 Å². The highest BCUT2D eigenvalue weighted by atomic mass is 16.6. The fourth-order valence-electron chi connectivity index (χ4n) is 2.21. The Bertz CT molecular complexity index is 563. The lowest BCUT2D eigenvalue weighted by Crippen LogP contribution is -2.32. The highest BCUT2D eigenvalue weighted by molar-refractivity contribution is 5.88. The van der Waals surface area contributed by atoms with Crippen molar-refractivity contribution in [3.05, 3.63) is 47.5 Å². The summed E-state index contributed by atoms with van der Waals surface area (Å²) in [7, 11) is 0. The van der Waals surface area contributed by atoms with Crippen molar-refractivity contribution in [3.8, 4) is 0 Å². The van der Waals surface area contributed by atoms with Gasteiger partial charge in [-0.3, -0.25) is 4.79 Å². The molecule has 1 aliphatic heterocycles. The molecule has 1 aromatic carbocycles. The van der Waals surface area contributed by atoms with Gasteiger partial charge in [-0.15, -0.1) is 0 Å². The van der Waals surface area contributed by atoms with Crippen LogP contribution < -0.4 is 5.32 Å². The summed E-state index contributed by atoms with van der Waals surface area (Å²) >= 11 is 0. The minimum absolute atomic E-state index is 0.0535. The summed E-state index contributed by atoms with van der Waals surface area (Å²) in [5, 5.41) is 2.58. The van der Waals surface area contributed by atoms with E-state index in [2.05, 4.69) is 5.32 Å². The van der Waals surface area contributed by atoms with Gasteiger partial charge in [0.25, 0.3) is 0 Å². The van der Waals surface area contributed by atoms with E-state index in [1.165, 1.54) is 17.2 Å². The van der Waals surface area contributed by atoms with Gasteiger partial charge >= 0.3 is 6.09 Å².